The Balaban J connectivity index is 2.72. The summed E-state index contributed by atoms with van der Waals surface area (Å²) in [5.74, 6) is 0. The molecule has 0 aromatic carbocycles. The van der Waals surface area contributed by atoms with Crippen molar-refractivity contribution in [3.63, 3.8) is 0 Å². The van der Waals surface area contributed by atoms with E-state index in [1.165, 1.54) is 5.69 Å². The lowest BCUT2D eigenvalue weighted by atomic mass is 10.1. The molecule has 1 aromatic rings. The van der Waals surface area contributed by atoms with E-state index in [1.807, 2.05) is 20.9 Å². The van der Waals surface area contributed by atoms with Gasteiger partial charge in [0.15, 0.2) is 0 Å². The molecule has 0 amide bonds. The van der Waals surface area contributed by atoms with Gasteiger partial charge < -0.3 is 10.1 Å². The molecule has 0 fully saturated rings. The molecule has 0 radical (unpaired) electrons. The number of ether oxygens (including phenoxy) is 1. The lowest BCUT2D eigenvalue weighted by Crippen LogP contribution is -2.39. The number of aromatic nitrogens is 2. The van der Waals surface area contributed by atoms with E-state index in [0.717, 1.165) is 25.3 Å². The molecule has 2 atom stereocenters. The van der Waals surface area contributed by atoms with Gasteiger partial charge in [-0.15, -0.1) is 0 Å². The first-order chi connectivity index (χ1) is 8.12. The number of aryl methyl sites for hydroxylation is 2. The molecule has 17 heavy (non-hydrogen) atoms. The third kappa shape index (κ3) is 3.82. The second kappa shape index (κ2) is 6.77. The van der Waals surface area contributed by atoms with Crippen molar-refractivity contribution in [3.05, 3.63) is 17.5 Å². The van der Waals surface area contributed by atoms with Crippen molar-refractivity contribution >= 4 is 0 Å². The monoisotopic (exact) mass is 239 g/mol. The minimum Gasteiger partial charge on any atom is -0.377 e. The maximum Gasteiger partial charge on any atom is 0.0703 e. The van der Waals surface area contributed by atoms with Crippen molar-refractivity contribution in [1.29, 1.82) is 0 Å². The molecule has 0 spiro atoms. The van der Waals surface area contributed by atoms with Crippen molar-refractivity contribution in [2.75, 3.05) is 13.7 Å². The molecule has 4 heteroatoms. The Morgan fingerprint density at radius 2 is 2.18 bits per heavy atom. The van der Waals surface area contributed by atoms with Crippen LogP contribution >= 0.6 is 0 Å². The first-order valence-corrected chi connectivity index (χ1v) is 6.44. The maximum atomic E-state index is 5.66. The van der Waals surface area contributed by atoms with E-state index < -0.39 is 0 Å². The van der Waals surface area contributed by atoms with Gasteiger partial charge in [-0.2, -0.15) is 5.10 Å². The highest BCUT2D eigenvalue weighted by Crippen LogP contribution is 2.10. The Labute approximate surface area is 104 Å². The maximum absolute atomic E-state index is 5.66. The van der Waals surface area contributed by atoms with Crippen LogP contribution in [-0.2, 0) is 17.7 Å². The Hall–Kier alpha value is -0.870. The SMILES string of the molecule is CCOC(C)C(Cc1cc(C)nn1CC)NC. The van der Waals surface area contributed by atoms with Gasteiger partial charge in [0.05, 0.1) is 11.8 Å². The molecule has 1 heterocycles. The Kier molecular flexibility index (Phi) is 5.65. The molecule has 4 nitrogen and oxygen atoms in total. The van der Waals surface area contributed by atoms with E-state index in [1.54, 1.807) is 0 Å². The van der Waals surface area contributed by atoms with Crippen LogP contribution < -0.4 is 5.32 Å². The first-order valence-electron chi connectivity index (χ1n) is 6.44. The summed E-state index contributed by atoms with van der Waals surface area (Å²) in [6, 6.07) is 2.49. The van der Waals surface area contributed by atoms with Gasteiger partial charge in [0.2, 0.25) is 0 Å². The third-order valence-corrected chi connectivity index (χ3v) is 3.08. The fraction of sp³-hybridized carbons (Fsp3) is 0.769. The molecule has 1 aromatic heterocycles. The van der Waals surface area contributed by atoms with E-state index in [-0.39, 0.29) is 6.10 Å². The summed E-state index contributed by atoms with van der Waals surface area (Å²) < 4.78 is 7.72. The molecular weight excluding hydrogens is 214 g/mol. The van der Waals surface area contributed by atoms with Gasteiger partial charge in [-0.1, -0.05) is 0 Å². The van der Waals surface area contributed by atoms with Crippen molar-refractivity contribution in [2.24, 2.45) is 0 Å². The Morgan fingerprint density at radius 1 is 1.47 bits per heavy atom. The van der Waals surface area contributed by atoms with Gasteiger partial charge in [-0.25, -0.2) is 0 Å². The highest BCUT2D eigenvalue weighted by atomic mass is 16.5. The van der Waals surface area contributed by atoms with Crippen LogP contribution in [0.5, 0.6) is 0 Å². The molecule has 0 saturated heterocycles. The molecule has 2 unspecified atom stereocenters. The van der Waals surface area contributed by atoms with E-state index in [2.05, 4.69) is 35.0 Å². The summed E-state index contributed by atoms with van der Waals surface area (Å²) in [5, 5.41) is 7.80. The quantitative estimate of drug-likeness (QED) is 0.788. The molecule has 1 N–H and O–H groups in total. The largest absolute Gasteiger partial charge is 0.377 e. The lowest BCUT2D eigenvalue weighted by Gasteiger charge is -2.23. The number of nitrogens with one attached hydrogen (secondary N) is 1. The molecule has 0 bridgehead atoms. The highest BCUT2D eigenvalue weighted by Gasteiger charge is 2.18. The van der Waals surface area contributed by atoms with Crippen LogP contribution in [0.1, 0.15) is 32.2 Å². The molecule has 1 rings (SSSR count). The van der Waals surface area contributed by atoms with Crippen LogP contribution in [-0.4, -0.2) is 35.6 Å². The fourth-order valence-corrected chi connectivity index (χ4v) is 2.14. The first kappa shape index (κ1) is 14.2. The summed E-state index contributed by atoms with van der Waals surface area (Å²) in [6.07, 6.45) is 1.16. The van der Waals surface area contributed by atoms with Gasteiger partial charge in [-0.3, -0.25) is 4.68 Å². The van der Waals surface area contributed by atoms with Crippen molar-refractivity contribution in [2.45, 2.75) is 52.8 Å². The number of hydrogen-bond acceptors (Lipinski definition) is 3. The summed E-state index contributed by atoms with van der Waals surface area (Å²) >= 11 is 0. The molecule has 0 saturated carbocycles. The van der Waals surface area contributed by atoms with Gasteiger partial charge in [0.1, 0.15) is 0 Å². The standard InChI is InChI=1S/C13H25N3O/c1-6-16-12(8-10(3)15-16)9-13(14-5)11(4)17-7-2/h8,11,13-14H,6-7,9H2,1-5H3. The van der Waals surface area contributed by atoms with Crippen molar-refractivity contribution in [1.82, 2.24) is 15.1 Å². The van der Waals surface area contributed by atoms with Crippen LogP contribution in [0.2, 0.25) is 0 Å². The van der Waals surface area contributed by atoms with Crippen LogP contribution in [0.4, 0.5) is 0 Å². The predicted octanol–water partition coefficient (Wildman–Crippen LogP) is 1.77. The molecule has 0 aliphatic heterocycles. The zero-order chi connectivity index (χ0) is 12.8. The molecule has 98 valence electrons. The summed E-state index contributed by atoms with van der Waals surface area (Å²) in [6.45, 7) is 9.98. The summed E-state index contributed by atoms with van der Waals surface area (Å²) in [4.78, 5) is 0. The lowest BCUT2D eigenvalue weighted by molar-refractivity contribution is 0.0491. The summed E-state index contributed by atoms with van der Waals surface area (Å²) in [7, 11) is 1.99. The minimum absolute atomic E-state index is 0.213. The van der Waals surface area contributed by atoms with Crippen LogP contribution in [0.3, 0.4) is 0 Å². The third-order valence-electron chi connectivity index (χ3n) is 3.08. The minimum atomic E-state index is 0.213. The van der Waals surface area contributed by atoms with E-state index in [0.29, 0.717) is 6.04 Å². The second-order valence-corrected chi connectivity index (χ2v) is 4.35. The van der Waals surface area contributed by atoms with Gasteiger partial charge in [-0.05, 0) is 40.8 Å². The van der Waals surface area contributed by atoms with Crippen LogP contribution in [0.15, 0.2) is 6.07 Å². The van der Waals surface area contributed by atoms with Gasteiger partial charge in [0, 0.05) is 31.3 Å². The fourth-order valence-electron chi connectivity index (χ4n) is 2.14. The zero-order valence-electron chi connectivity index (χ0n) is 11.7. The average molecular weight is 239 g/mol. The Bertz CT molecular complexity index is 335. The van der Waals surface area contributed by atoms with E-state index in [9.17, 15) is 0 Å². The molecule has 0 aliphatic carbocycles. The van der Waals surface area contributed by atoms with Crippen molar-refractivity contribution < 1.29 is 4.74 Å². The average Bonchev–Trinajstić information content (AvgIpc) is 2.66. The smallest absolute Gasteiger partial charge is 0.0703 e. The van der Waals surface area contributed by atoms with Crippen molar-refractivity contribution in [3.8, 4) is 0 Å². The van der Waals surface area contributed by atoms with E-state index >= 15 is 0 Å². The van der Waals surface area contributed by atoms with Gasteiger partial charge in [0.25, 0.3) is 0 Å². The number of hydrogen-bond donors (Lipinski definition) is 1. The number of nitrogens with zero attached hydrogens (tertiary/aromatic N) is 2. The number of likely N-dealkylation sites (N-methyl/N-ethyl adjacent to an activating group) is 1. The summed E-state index contributed by atoms with van der Waals surface area (Å²) in [5.41, 5.74) is 2.36. The van der Waals surface area contributed by atoms with Crippen LogP contribution in [0.25, 0.3) is 0 Å². The molecular formula is C13H25N3O. The van der Waals surface area contributed by atoms with Crippen LogP contribution in [0, 0.1) is 6.92 Å². The van der Waals surface area contributed by atoms with Gasteiger partial charge >= 0.3 is 0 Å². The zero-order valence-corrected chi connectivity index (χ0v) is 11.7. The Morgan fingerprint density at radius 3 is 2.71 bits per heavy atom. The topological polar surface area (TPSA) is 39.1 Å². The molecule has 0 aliphatic rings. The number of rotatable bonds is 7. The highest BCUT2D eigenvalue weighted by molar-refractivity contribution is 5.11. The normalized spacial score (nSPS) is 14.9. The predicted molar refractivity (Wildman–Crippen MR) is 70.3 cm³/mol. The van der Waals surface area contributed by atoms with E-state index in [4.69, 9.17) is 4.74 Å². The second-order valence-electron chi connectivity index (χ2n) is 4.35.